The van der Waals surface area contributed by atoms with E-state index in [0.29, 0.717) is 29.7 Å². The molecule has 0 bridgehead atoms. The number of rotatable bonds is 4. The van der Waals surface area contributed by atoms with Crippen molar-refractivity contribution in [3.05, 3.63) is 29.7 Å². The zero-order valence-electron chi connectivity index (χ0n) is 18.2. The average molecular weight is 489 g/mol. The van der Waals surface area contributed by atoms with Crippen molar-refractivity contribution in [3.63, 3.8) is 0 Å². The molecule has 2 fully saturated rings. The lowest BCUT2D eigenvalue weighted by Gasteiger charge is -2.24. The van der Waals surface area contributed by atoms with E-state index in [9.17, 15) is 23.0 Å². The van der Waals surface area contributed by atoms with E-state index in [0.717, 1.165) is 38.4 Å². The molecule has 12 heteroatoms. The summed E-state index contributed by atoms with van der Waals surface area (Å²) >= 11 is 0. The van der Waals surface area contributed by atoms with Crippen molar-refractivity contribution >= 4 is 29.4 Å². The molecule has 3 aromatic heterocycles. The van der Waals surface area contributed by atoms with Gasteiger partial charge in [-0.2, -0.15) is 18.4 Å². The molecular weight excluding hydrogens is 466 g/mol. The molecule has 1 atom stereocenters. The van der Waals surface area contributed by atoms with Crippen LogP contribution in [0.2, 0.25) is 0 Å². The Labute approximate surface area is 193 Å². The van der Waals surface area contributed by atoms with E-state index < -0.39 is 18.9 Å². The van der Waals surface area contributed by atoms with Crippen LogP contribution in [0.15, 0.2) is 18.6 Å². The van der Waals surface area contributed by atoms with Crippen LogP contribution in [0.4, 0.5) is 19.1 Å². The fourth-order valence-corrected chi connectivity index (χ4v) is 8.10. The van der Waals surface area contributed by atoms with Crippen LogP contribution in [0.5, 0.6) is 0 Å². The summed E-state index contributed by atoms with van der Waals surface area (Å²) in [5, 5.41) is 16.4. The molecule has 2 saturated heterocycles. The lowest BCUT2D eigenvalue weighted by Crippen LogP contribution is -2.38. The van der Waals surface area contributed by atoms with Crippen LogP contribution in [0, 0.1) is 11.3 Å². The SMILES string of the molecule is N#Cc1cnc2c(-c3nc(N[C@H]4CCCNC4)ncc3C(F)(F)F)c[nH]c2c1P1(=O)CCCC1. The molecule has 178 valence electrons. The Morgan fingerprint density at radius 3 is 2.65 bits per heavy atom. The maximum atomic E-state index is 13.9. The minimum absolute atomic E-state index is 0.0108. The Morgan fingerprint density at radius 2 is 1.97 bits per heavy atom. The molecule has 5 rings (SSSR count). The Kier molecular flexibility index (Phi) is 5.82. The molecule has 0 saturated carbocycles. The first-order valence-electron chi connectivity index (χ1n) is 11.2. The van der Waals surface area contributed by atoms with Crippen LogP contribution in [0.3, 0.4) is 0 Å². The molecule has 8 nitrogen and oxygen atoms in total. The van der Waals surface area contributed by atoms with Gasteiger partial charge in [0.15, 0.2) is 0 Å². The van der Waals surface area contributed by atoms with E-state index in [4.69, 9.17) is 0 Å². The molecule has 2 aliphatic heterocycles. The molecule has 3 aromatic rings. The van der Waals surface area contributed by atoms with Gasteiger partial charge in [-0.25, -0.2) is 9.97 Å². The Bertz CT molecular complexity index is 1310. The highest BCUT2D eigenvalue weighted by Crippen LogP contribution is 2.53. The zero-order valence-corrected chi connectivity index (χ0v) is 19.1. The van der Waals surface area contributed by atoms with E-state index in [1.54, 1.807) is 0 Å². The van der Waals surface area contributed by atoms with Crippen molar-refractivity contribution in [1.29, 1.82) is 5.26 Å². The molecule has 0 aliphatic carbocycles. The summed E-state index contributed by atoms with van der Waals surface area (Å²) in [6.07, 6.45) is 3.12. The largest absolute Gasteiger partial charge is 0.419 e. The Balaban J connectivity index is 1.66. The number of nitrogens with one attached hydrogen (secondary N) is 3. The topological polar surface area (TPSA) is 119 Å². The number of H-pyrrole nitrogens is 1. The maximum Gasteiger partial charge on any atom is 0.419 e. The number of aromatic amines is 1. The minimum Gasteiger partial charge on any atom is -0.359 e. The molecule has 3 N–H and O–H groups in total. The van der Waals surface area contributed by atoms with Gasteiger partial charge in [-0.05, 0) is 32.2 Å². The van der Waals surface area contributed by atoms with Gasteiger partial charge in [0.2, 0.25) is 5.95 Å². The average Bonchev–Trinajstić information content (AvgIpc) is 3.45. The zero-order chi connectivity index (χ0) is 23.9. The number of alkyl halides is 3. The number of anilines is 1. The third-order valence-corrected chi connectivity index (χ3v) is 9.82. The number of pyridine rings is 1. The molecule has 0 amide bonds. The number of aromatic nitrogens is 4. The van der Waals surface area contributed by atoms with Gasteiger partial charge < -0.3 is 20.2 Å². The van der Waals surface area contributed by atoms with Gasteiger partial charge in [-0.15, -0.1) is 0 Å². The van der Waals surface area contributed by atoms with Gasteiger partial charge in [-0.3, -0.25) is 4.98 Å². The first-order chi connectivity index (χ1) is 16.3. The number of nitriles is 1. The lowest BCUT2D eigenvalue weighted by atomic mass is 10.1. The number of hydrogen-bond acceptors (Lipinski definition) is 7. The Hall–Kier alpha value is -2.96. The summed E-state index contributed by atoms with van der Waals surface area (Å²) in [5.74, 6) is 0.100. The fourth-order valence-electron chi connectivity index (χ4n) is 4.83. The highest BCUT2D eigenvalue weighted by molar-refractivity contribution is 7.72. The van der Waals surface area contributed by atoms with Crippen LogP contribution in [-0.2, 0) is 10.7 Å². The maximum absolute atomic E-state index is 13.9. The summed E-state index contributed by atoms with van der Waals surface area (Å²) in [5.41, 5.74) is -0.417. The van der Waals surface area contributed by atoms with E-state index >= 15 is 0 Å². The number of nitrogens with zero attached hydrogens (tertiary/aromatic N) is 4. The number of hydrogen-bond donors (Lipinski definition) is 3. The van der Waals surface area contributed by atoms with Crippen LogP contribution in [0.1, 0.15) is 36.8 Å². The first kappa shape index (κ1) is 22.8. The van der Waals surface area contributed by atoms with Gasteiger partial charge in [0, 0.05) is 49.1 Å². The van der Waals surface area contributed by atoms with E-state index in [1.807, 2.05) is 0 Å². The third-order valence-electron chi connectivity index (χ3n) is 6.46. The molecular formula is C22H23F3N7OP. The van der Waals surface area contributed by atoms with Crippen LogP contribution in [-0.4, -0.2) is 51.4 Å². The number of fused-ring (bicyclic) bond motifs is 1. The van der Waals surface area contributed by atoms with Gasteiger partial charge in [-0.1, -0.05) is 0 Å². The summed E-state index contributed by atoms with van der Waals surface area (Å²) < 4.78 is 55.4. The van der Waals surface area contributed by atoms with Crippen molar-refractivity contribution < 1.29 is 17.7 Å². The Morgan fingerprint density at radius 1 is 1.18 bits per heavy atom. The van der Waals surface area contributed by atoms with Crippen molar-refractivity contribution in [2.75, 3.05) is 30.7 Å². The quantitative estimate of drug-likeness (QED) is 0.476. The van der Waals surface area contributed by atoms with Gasteiger partial charge in [0.1, 0.15) is 18.8 Å². The van der Waals surface area contributed by atoms with Gasteiger partial charge >= 0.3 is 6.18 Å². The van der Waals surface area contributed by atoms with E-state index in [2.05, 4.69) is 36.6 Å². The molecule has 0 spiro atoms. The summed E-state index contributed by atoms with van der Waals surface area (Å²) in [6, 6.07) is 2.06. The second-order valence-electron chi connectivity index (χ2n) is 8.74. The second-order valence-corrected chi connectivity index (χ2v) is 11.9. The monoisotopic (exact) mass is 489 g/mol. The van der Waals surface area contributed by atoms with Crippen LogP contribution in [0.25, 0.3) is 22.3 Å². The second kappa shape index (κ2) is 8.67. The molecule has 0 unspecified atom stereocenters. The van der Waals surface area contributed by atoms with Crippen LogP contribution >= 0.6 is 7.14 Å². The standard InChI is InChI=1S/C22H23F3N7OP/c23-22(24,25)16-12-30-21(31-14-4-3-5-27-10-14)32-17(16)15-11-29-19-18(15)28-9-13(8-26)20(19)34(33)6-1-2-7-34/h9,11-12,14,27,29H,1-7,10H2,(H,30,31,32)/t14-/m0/s1. The van der Waals surface area contributed by atoms with E-state index in [-0.39, 0.29) is 34.3 Å². The predicted octanol–water partition coefficient (Wildman–Crippen LogP) is 3.86. The molecule has 0 aromatic carbocycles. The highest BCUT2D eigenvalue weighted by atomic mass is 31.2. The van der Waals surface area contributed by atoms with Crippen molar-refractivity contribution in [1.82, 2.24) is 25.3 Å². The highest BCUT2D eigenvalue weighted by Gasteiger charge is 2.38. The predicted molar refractivity (Wildman–Crippen MR) is 123 cm³/mol. The van der Waals surface area contributed by atoms with E-state index in [1.165, 1.54) is 12.4 Å². The third kappa shape index (κ3) is 4.05. The van der Waals surface area contributed by atoms with Crippen molar-refractivity contribution in [2.24, 2.45) is 0 Å². The number of piperidine rings is 1. The normalized spacial score (nSPS) is 20.4. The number of halogens is 3. The minimum atomic E-state index is -4.68. The summed E-state index contributed by atoms with van der Waals surface area (Å²) in [6.45, 7) is 1.57. The molecule has 34 heavy (non-hydrogen) atoms. The lowest BCUT2D eigenvalue weighted by molar-refractivity contribution is -0.137. The van der Waals surface area contributed by atoms with Crippen molar-refractivity contribution in [3.8, 4) is 17.3 Å². The van der Waals surface area contributed by atoms with Crippen molar-refractivity contribution in [2.45, 2.75) is 37.9 Å². The fraction of sp³-hybridized carbons (Fsp3) is 0.455. The first-order valence-corrected chi connectivity index (χ1v) is 13.3. The smallest absolute Gasteiger partial charge is 0.359 e. The summed E-state index contributed by atoms with van der Waals surface area (Å²) in [4.78, 5) is 15.4. The van der Waals surface area contributed by atoms with Gasteiger partial charge in [0.25, 0.3) is 0 Å². The molecule has 5 heterocycles. The summed E-state index contributed by atoms with van der Waals surface area (Å²) in [7, 11) is -2.85. The molecule has 2 aliphatic rings. The molecule has 0 radical (unpaired) electrons. The van der Waals surface area contributed by atoms with Gasteiger partial charge in [0.05, 0.1) is 27.6 Å². The van der Waals surface area contributed by atoms with Crippen LogP contribution < -0.4 is 15.9 Å².